The first kappa shape index (κ1) is 49.2. The lowest BCUT2D eigenvalue weighted by Gasteiger charge is -2.37. The van der Waals surface area contributed by atoms with Gasteiger partial charge in [0, 0.05) is 54.7 Å². The van der Waals surface area contributed by atoms with E-state index in [-0.39, 0.29) is 28.4 Å². The van der Waals surface area contributed by atoms with Gasteiger partial charge in [0.05, 0.1) is 5.69 Å². The van der Waals surface area contributed by atoms with Gasteiger partial charge in [-0.3, -0.25) is 0 Å². The number of allylic oxidation sites excluding steroid dienone is 4. The normalized spacial score (nSPS) is 13.4. The molecule has 0 amide bonds. The van der Waals surface area contributed by atoms with Crippen LogP contribution in [-0.2, 0) is 16.2 Å². The average Bonchev–Trinajstić information content (AvgIpc) is 3.72. The predicted octanol–water partition coefficient (Wildman–Crippen LogP) is 17.3. The second-order valence-corrected chi connectivity index (χ2v) is 24.4. The van der Waals surface area contributed by atoms with E-state index in [4.69, 9.17) is 0 Å². The number of thiophene rings is 1. The molecule has 0 aliphatic carbocycles. The molecule has 1 aliphatic heterocycles. The molecule has 0 spiro atoms. The van der Waals surface area contributed by atoms with Crippen LogP contribution in [0.3, 0.4) is 0 Å². The van der Waals surface area contributed by atoms with Crippen molar-refractivity contribution in [3.8, 4) is 11.1 Å². The van der Waals surface area contributed by atoms with Gasteiger partial charge in [-0.05, 0) is 128 Å². The van der Waals surface area contributed by atoms with E-state index in [9.17, 15) is 0 Å². The Labute approximate surface area is 429 Å². The summed E-state index contributed by atoms with van der Waals surface area (Å²) in [5.74, 6) is 0. The molecule has 7 aromatic carbocycles. The van der Waals surface area contributed by atoms with Crippen LogP contribution in [0.2, 0.25) is 0 Å². The Morgan fingerprint density at radius 1 is 0.577 bits per heavy atom. The highest BCUT2D eigenvalue weighted by Crippen LogP contribution is 2.46. The maximum atomic E-state index is 4.47. The third kappa shape index (κ3) is 10.2. The van der Waals surface area contributed by atoms with Gasteiger partial charge in [-0.15, -0.1) is 11.3 Å². The van der Waals surface area contributed by atoms with Crippen molar-refractivity contribution in [2.45, 2.75) is 99.3 Å². The largest absolute Gasteiger partial charge is 0.356 e. The fourth-order valence-electron chi connectivity index (χ4n) is 9.76. The molecule has 358 valence electrons. The van der Waals surface area contributed by atoms with Gasteiger partial charge in [0.1, 0.15) is 0 Å². The molecule has 5 heteroatoms. The standard InChI is InChI=1S/C66H70BN3S/c1-14-51(23-20-44-63(2,3)4)70-58-27-19-26-57(68-50-36-28-46(29-37-50)64(5,6)7)59(58)67(62-60(70)56-25-18-24-55(61(56)71-62)45-21-16-15-17-22-45)49-34-42-54(43-35-49)69(52-38-30-47(31-39-52)65(8,9)10)53-40-32-48(33-41-53)66(11,12)13/h14-44,68H,1H2,2-13H3/b44-20+,51-23+. The highest BCUT2D eigenvalue weighted by molar-refractivity contribution is 7.34. The molecule has 71 heavy (non-hydrogen) atoms. The Hall–Kier alpha value is -6.82. The van der Waals surface area contributed by atoms with Gasteiger partial charge in [0.15, 0.2) is 0 Å². The maximum absolute atomic E-state index is 4.47. The fourth-order valence-corrected chi connectivity index (χ4v) is 11.2. The molecule has 0 fully saturated rings. The minimum absolute atomic E-state index is 0.0195. The zero-order valence-electron chi connectivity index (χ0n) is 44.0. The summed E-state index contributed by atoms with van der Waals surface area (Å²) < 4.78 is 2.56. The topological polar surface area (TPSA) is 18.5 Å². The van der Waals surface area contributed by atoms with Gasteiger partial charge in [-0.2, -0.15) is 0 Å². The molecule has 1 aliphatic rings. The molecule has 0 bridgehead atoms. The number of rotatable bonds is 10. The Balaban J connectivity index is 1.27. The Kier molecular flexibility index (Phi) is 13.2. The first-order chi connectivity index (χ1) is 33.7. The molecule has 0 radical (unpaired) electrons. The Morgan fingerprint density at radius 2 is 1.10 bits per heavy atom. The summed E-state index contributed by atoms with van der Waals surface area (Å²) in [6.07, 6.45) is 8.71. The van der Waals surface area contributed by atoms with Crippen LogP contribution in [0.4, 0.5) is 39.8 Å². The minimum Gasteiger partial charge on any atom is -0.356 e. The molecule has 8 aromatic rings. The van der Waals surface area contributed by atoms with E-state index in [0.29, 0.717) is 0 Å². The van der Waals surface area contributed by atoms with Crippen LogP contribution in [0.5, 0.6) is 0 Å². The van der Waals surface area contributed by atoms with Gasteiger partial charge >= 0.3 is 0 Å². The Morgan fingerprint density at radius 3 is 1.62 bits per heavy atom. The van der Waals surface area contributed by atoms with Gasteiger partial charge in [-0.25, -0.2) is 0 Å². The Bertz CT molecular complexity index is 3180. The number of nitrogens with zero attached hydrogens (tertiary/aromatic N) is 2. The van der Waals surface area contributed by atoms with Crippen molar-refractivity contribution in [2.24, 2.45) is 5.41 Å². The molecule has 1 aromatic heterocycles. The van der Waals surface area contributed by atoms with E-state index >= 15 is 0 Å². The zero-order valence-corrected chi connectivity index (χ0v) is 44.8. The van der Waals surface area contributed by atoms with Gasteiger partial charge in [0.25, 0.3) is 6.71 Å². The number of hydrogen-bond acceptors (Lipinski definition) is 4. The smallest absolute Gasteiger partial charge is 0.262 e. The van der Waals surface area contributed by atoms with Gasteiger partial charge in [-0.1, -0.05) is 210 Å². The summed E-state index contributed by atoms with van der Waals surface area (Å²) in [6, 6.07) is 61.0. The third-order valence-electron chi connectivity index (χ3n) is 13.7. The number of hydrogen-bond donors (Lipinski definition) is 1. The van der Waals surface area contributed by atoms with E-state index in [2.05, 4.69) is 287 Å². The molecule has 0 atom stereocenters. The van der Waals surface area contributed by atoms with E-state index < -0.39 is 0 Å². The summed E-state index contributed by atoms with van der Waals surface area (Å²) in [5.41, 5.74) is 17.8. The van der Waals surface area contributed by atoms with Crippen LogP contribution < -0.4 is 30.8 Å². The van der Waals surface area contributed by atoms with E-state index in [1.807, 2.05) is 17.4 Å². The molecule has 0 saturated heterocycles. The van der Waals surface area contributed by atoms with Crippen LogP contribution in [0.15, 0.2) is 200 Å². The SMILES string of the molecule is C=C/C(=C\C=C\C(C)(C)C)N1c2cccc(Nc3ccc(C(C)(C)C)cc3)c2B(c2ccc(N(c3ccc(C(C)(C)C)cc3)c3ccc(C(C)(C)C)cc3)cc2)c2sc3c(-c4ccccc4)cccc3c21. The summed E-state index contributed by atoms with van der Waals surface area (Å²) in [5, 5.41) is 5.19. The van der Waals surface area contributed by atoms with Crippen LogP contribution in [-0.4, -0.2) is 6.71 Å². The van der Waals surface area contributed by atoms with Crippen molar-refractivity contribution < 1.29 is 0 Å². The van der Waals surface area contributed by atoms with E-state index in [1.54, 1.807) is 0 Å². The lowest BCUT2D eigenvalue weighted by Crippen LogP contribution is -2.57. The average molecular weight is 948 g/mol. The molecular weight excluding hydrogens is 878 g/mol. The molecule has 0 unspecified atom stereocenters. The van der Waals surface area contributed by atoms with Gasteiger partial charge < -0.3 is 15.1 Å². The number of fused-ring (bicyclic) bond motifs is 4. The van der Waals surface area contributed by atoms with Crippen LogP contribution in [0.1, 0.15) is 99.8 Å². The monoisotopic (exact) mass is 948 g/mol. The molecular formula is C66H70BN3S. The van der Waals surface area contributed by atoms with Gasteiger partial charge in [0.2, 0.25) is 0 Å². The summed E-state index contributed by atoms with van der Waals surface area (Å²) in [7, 11) is 0. The second kappa shape index (κ2) is 19.1. The highest BCUT2D eigenvalue weighted by Gasteiger charge is 2.40. The number of anilines is 7. The lowest BCUT2D eigenvalue weighted by atomic mass is 9.37. The first-order valence-corrected chi connectivity index (χ1v) is 26.1. The van der Waals surface area contributed by atoms with Crippen molar-refractivity contribution in [3.05, 3.63) is 217 Å². The highest BCUT2D eigenvalue weighted by atomic mass is 32.1. The number of nitrogens with one attached hydrogen (secondary N) is 1. The van der Waals surface area contributed by atoms with Crippen molar-refractivity contribution in [1.29, 1.82) is 0 Å². The van der Waals surface area contributed by atoms with Crippen molar-refractivity contribution >= 4 is 83.6 Å². The van der Waals surface area contributed by atoms with E-state index in [0.717, 1.165) is 39.8 Å². The minimum atomic E-state index is -0.106. The maximum Gasteiger partial charge on any atom is 0.262 e. The molecule has 0 saturated carbocycles. The first-order valence-electron chi connectivity index (χ1n) is 25.2. The summed E-state index contributed by atoms with van der Waals surface area (Å²) >= 11 is 1.92. The van der Waals surface area contributed by atoms with Crippen molar-refractivity contribution in [3.63, 3.8) is 0 Å². The van der Waals surface area contributed by atoms with Crippen molar-refractivity contribution in [1.82, 2.24) is 0 Å². The molecule has 2 heterocycles. The van der Waals surface area contributed by atoms with Crippen LogP contribution in [0, 0.1) is 5.41 Å². The van der Waals surface area contributed by atoms with Crippen LogP contribution in [0.25, 0.3) is 21.2 Å². The van der Waals surface area contributed by atoms with E-state index in [1.165, 1.54) is 59.3 Å². The predicted molar refractivity (Wildman–Crippen MR) is 314 cm³/mol. The fraction of sp³-hybridized carbons (Fsp3) is 0.242. The second-order valence-electron chi connectivity index (χ2n) is 23.4. The zero-order chi connectivity index (χ0) is 50.5. The van der Waals surface area contributed by atoms with Crippen LogP contribution >= 0.6 is 11.3 Å². The quantitative estimate of drug-likeness (QED) is 0.109. The van der Waals surface area contributed by atoms with Crippen molar-refractivity contribution in [2.75, 3.05) is 15.1 Å². The summed E-state index contributed by atoms with van der Waals surface area (Å²) in [4.78, 5) is 4.87. The molecule has 1 N–H and O–H groups in total. The summed E-state index contributed by atoms with van der Waals surface area (Å²) in [6.45, 7) is 31.6. The molecule has 3 nitrogen and oxygen atoms in total. The third-order valence-corrected chi connectivity index (χ3v) is 15.0. The molecule has 9 rings (SSSR count). The number of benzene rings is 7. The lowest BCUT2D eigenvalue weighted by molar-refractivity contribution is 0.544.